The molecule has 0 aliphatic rings. The van der Waals surface area contributed by atoms with Crippen molar-refractivity contribution in [2.75, 3.05) is 0 Å². The zero-order chi connectivity index (χ0) is 17.2. The van der Waals surface area contributed by atoms with Crippen LogP contribution in [0, 0.1) is 5.82 Å². The molecule has 0 aromatic heterocycles. The molecule has 0 spiro atoms. The smallest absolute Gasteiger partial charge is 0.479 e. The van der Waals surface area contributed by atoms with Crippen LogP contribution in [0.3, 0.4) is 0 Å². The molecule has 0 radical (unpaired) electrons. The Bertz CT molecular complexity index is 728. The van der Waals surface area contributed by atoms with E-state index in [9.17, 15) is 27.5 Å². The van der Waals surface area contributed by atoms with Crippen molar-refractivity contribution >= 4 is 5.97 Å². The summed E-state index contributed by atoms with van der Waals surface area (Å²) in [4.78, 5) is 10.7. The first-order chi connectivity index (χ1) is 10.7. The van der Waals surface area contributed by atoms with Gasteiger partial charge >= 0.3 is 12.3 Å². The molecule has 4 nitrogen and oxygen atoms in total. The highest BCUT2D eigenvalue weighted by Gasteiger charge is 2.32. The van der Waals surface area contributed by atoms with Gasteiger partial charge < -0.3 is 14.9 Å². The number of para-hydroxylation sites is 1. The number of carbonyl (C=O) groups is 1. The number of benzene rings is 2. The van der Waals surface area contributed by atoms with Crippen molar-refractivity contribution in [1.29, 1.82) is 0 Å². The number of halogens is 4. The Hall–Kier alpha value is -2.61. The van der Waals surface area contributed by atoms with Crippen LogP contribution in [0.4, 0.5) is 17.6 Å². The molecule has 1 unspecified atom stereocenters. The van der Waals surface area contributed by atoms with Crippen molar-refractivity contribution in [2.24, 2.45) is 0 Å². The summed E-state index contributed by atoms with van der Waals surface area (Å²) < 4.78 is 55.1. The van der Waals surface area contributed by atoms with E-state index < -0.39 is 30.0 Å². The third-order valence-corrected chi connectivity index (χ3v) is 2.95. The predicted octanol–water partition coefficient (Wildman–Crippen LogP) is 3.51. The zero-order valence-corrected chi connectivity index (χ0v) is 11.3. The summed E-state index contributed by atoms with van der Waals surface area (Å²) in [7, 11) is 0. The van der Waals surface area contributed by atoms with E-state index in [-0.39, 0.29) is 16.7 Å². The van der Waals surface area contributed by atoms with E-state index >= 15 is 0 Å². The van der Waals surface area contributed by atoms with Crippen LogP contribution in [0.2, 0.25) is 0 Å². The quantitative estimate of drug-likeness (QED) is 0.842. The van der Waals surface area contributed by atoms with Crippen LogP contribution in [0.15, 0.2) is 42.5 Å². The maximum Gasteiger partial charge on any atom is 0.573 e. The summed E-state index contributed by atoms with van der Waals surface area (Å²) in [6.45, 7) is 0. The highest BCUT2D eigenvalue weighted by molar-refractivity contribution is 5.75. The normalized spacial score (nSPS) is 12.7. The number of aliphatic hydroxyl groups excluding tert-OH is 1. The van der Waals surface area contributed by atoms with E-state index in [1.54, 1.807) is 0 Å². The van der Waals surface area contributed by atoms with Gasteiger partial charge in [-0.3, -0.25) is 0 Å². The first-order valence-electron chi connectivity index (χ1n) is 6.24. The first-order valence-corrected chi connectivity index (χ1v) is 6.24. The summed E-state index contributed by atoms with van der Waals surface area (Å²) in [6, 6.07) is 7.90. The van der Waals surface area contributed by atoms with Gasteiger partial charge in [0.05, 0.1) is 0 Å². The van der Waals surface area contributed by atoms with E-state index in [1.165, 1.54) is 18.2 Å². The van der Waals surface area contributed by atoms with Crippen molar-refractivity contribution in [3.8, 4) is 16.9 Å². The van der Waals surface area contributed by atoms with Crippen LogP contribution in [0.25, 0.3) is 11.1 Å². The van der Waals surface area contributed by atoms with Crippen molar-refractivity contribution in [3.63, 3.8) is 0 Å². The maximum absolute atomic E-state index is 14.1. The number of alkyl halides is 3. The number of aliphatic hydroxyl groups is 1. The fourth-order valence-corrected chi connectivity index (χ4v) is 1.97. The topological polar surface area (TPSA) is 66.8 Å². The number of ether oxygens (including phenoxy) is 1. The van der Waals surface area contributed by atoms with Crippen LogP contribution in [0.1, 0.15) is 11.7 Å². The van der Waals surface area contributed by atoms with Gasteiger partial charge in [-0.05, 0) is 17.7 Å². The largest absolute Gasteiger partial charge is 0.573 e. The molecular weight excluding hydrogens is 320 g/mol. The van der Waals surface area contributed by atoms with Gasteiger partial charge in [-0.15, -0.1) is 13.2 Å². The minimum Gasteiger partial charge on any atom is -0.479 e. The highest BCUT2D eigenvalue weighted by Crippen LogP contribution is 2.35. The van der Waals surface area contributed by atoms with Gasteiger partial charge in [0.15, 0.2) is 6.10 Å². The Kier molecular flexibility index (Phi) is 4.55. The average Bonchev–Trinajstić information content (AvgIpc) is 2.45. The minimum absolute atomic E-state index is 0.154. The standard InChI is InChI=1S/C15H10F4O4/c16-11-7-8(13(20)14(21)22)5-6-9(11)10-3-1-2-4-12(10)23-15(17,18)19/h1-7,13,20H,(H,21,22). The lowest BCUT2D eigenvalue weighted by atomic mass is 10.0. The second-order valence-corrected chi connectivity index (χ2v) is 4.52. The fraction of sp³-hybridized carbons (Fsp3) is 0.133. The summed E-state index contributed by atoms with van der Waals surface area (Å²) in [5.74, 6) is -3.15. The van der Waals surface area contributed by atoms with E-state index in [4.69, 9.17) is 5.11 Å². The molecule has 0 aliphatic heterocycles. The van der Waals surface area contributed by atoms with Crippen molar-refractivity contribution in [3.05, 3.63) is 53.8 Å². The van der Waals surface area contributed by atoms with Crippen molar-refractivity contribution < 1.29 is 37.3 Å². The van der Waals surface area contributed by atoms with Gasteiger partial charge in [-0.1, -0.05) is 30.3 Å². The van der Waals surface area contributed by atoms with Gasteiger partial charge in [0.25, 0.3) is 0 Å². The van der Waals surface area contributed by atoms with Crippen LogP contribution in [0.5, 0.6) is 5.75 Å². The SMILES string of the molecule is O=C(O)C(O)c1ccc(-c2ccccc2OC(F)(F)F)c(F)c1. The molecule has 0 fully saturated rings. The van der Waals surface area contributed by atoms with E-state index in [0.29, 0.717) is 0 Å². The fourth-order valence-electron chi connectivity index (χ4n) is 1.97. The molecule has 8 heteroatoms. The van der Waals surface area contributed by atoms with Crippen LogP contribution in [-0.4, -0.2) is 22.5 Å². The first kappa shape index (κ1) is 16.8. The summed E-state index contributed by atoms with van der Waals surface area (Å²) in [5.41, 5.74) is -0.599. The molecular formula is C15H10F4O4. The van der Waals surface area contributed by atoms with Gasteiger partial charge in [-0.2, -0.15) is 0 Å². The van der Waals surface area contributed by atoms with E-state index in [0.717, 1.165) is 24.3 Å². The van der Waals surface area contributed by atoms with Crippen LogP contribution < -0.4 is 4.74 Å². The third-order valence-electron chi connectivity index (χ3n) is 2.95. The Morgan fingerprint density at radius 3 is 2.30 bits per heavy atom. The number of aliphatic carboxylic acids is 1. The molecule has 122 valence electrons. The lowest BCUT2D eigenvalue weighted by Gasteiger charge is -2.14. The van der Waals surface area contributed by atoms with Crippen LogP contribution in [-0.2, 0) is 4.79 Å². The van der Waals surface area contributed by atoms with Gasteiger partial charge in [0.2, 0.25) is 0 Å². The number of rotatable bonds is 4. The van der Waals surface area contributed by atoms with Crippen molar-refractivity contribution in [1.82, 2.24) is 0 Å². The molecule has 0 amide bonds. The molecule has 2 rings (SSSR count). The zero-order valence-electron chi connectivity index (χ0n) is 11.3. The number of hydrogen-bond acceptors (Lipinski definition) is 3. The lowest BCUT2D eigenvalue weighted by Crippen LogP contribution is -2.17. The molecule has 0 saturated heterocycles. The second-order valence-electron chi connectivity index (χ2n) is 4.52. The monoisotopic (exact) mass is 330 g/mol. The maximum atomic E-state index is 14.1. The Labute approximate surface area is 127 Å². The molecule has 2 aromatic rings. The molecule has 2 N–H and O–H groups in total. The summed E-state index contributed by atoms with van der Waals surface area (Å²) in [5, 5.41) is 18.0. The average molecular weight is 330 g/mol. The van der Waals surface area contributed by atoms with E-state index in [2.05, 4.69) is 4.74 Å². The molecule has 23 heavy (non-hydrogen) atoms. The Morgan fingerprint density at radius 2 is 1.74 bits per heavy atom. The van der Waals surface area contributed by atoms with Crippen molar-refractivity contribution in [2.45, 2.75) is 12.5 Å². The third kappa shape index (κ3) is 3.98. The Morgan fingerprint density at radius 1 is 1.09 bits per heavy atom. The van der Waals surface area contributed by atoms with Crippen LogP contribution >= 0.6 is 0 Å². The molecule has 0 bridgehead atoms. The molecule has 0 aliphatic carbocycles. The molecule has 0 saturated carbocycles. The minimum atomic E-state index is -4.94. The number of carboxylic acids is 1. The second kappa shape index (κ2) is 6.25. The number of hydrogen-bond donors (Lipinski definition) is 2. The van der Waals surface area contributed by atoms with Gasteiger partial charge in [0.1, 0.15) is 11.6 Å². The van der Waals surface area contributed by atoms with E-state index in [1.807, 2.05) is 0 Å². The lowest BCUT2D eigenvalue weighted by molar-refractivity contribution is -0.274. The number of carboxylic acid groups (broad SMARTS) is 1. The molecule has 2 aromatic carbocycles. The Balaban J connectivity index is 2.46. The van der Waals surface area contributed by atoms with Gasteiger partial charge in [-0.25, -0.2) is 9.18 Å². The predicted molar refractivity (Wildman–Crippen MR) is 71.1 cm³/mol. The summed E-state index contributed by atoms with van der Waals surface area (Å²) >= 11 is 0. The highest BCUT2D eigenvalue weighted by atomic mass is 19.4. The molecule has 0 heterocycles. The van der Waals surface area contributed by atoms with Gasteiger partial charge in [0, 0.05) is 11.1 Å². The summed E-state index contributed by atoms with van der Waals surface area (Å²) in [6.07, 6.45) is -6.87. The molecule has 1 atom stereocenters.